The Hall–Kier alpha value is -1.31. The highest BCUT2D eigenvalue weighted by Gasteiger charge is 2.11. The summed E-state index contributed by atoms with van der Waals surface area (Å²) in [7, 11) is 0. The molecule has 0 radical (unpaired) electrons. The summed E-state index contributed by atoms with van der Waals surface area (Å²) in [5, 5.41) is 0.959. The maximum Gasteiger partial charge on any atom is 0.168 e. The molecule has 0 bridgehead atoms. The molecular formula is C14H10Cl2O. The van der Waals surface area contributed by atoms with Gasteiger partial charge in [0.25, 0.3) is 0 Å². The largest absolute Gasteiger partial charge is 0.294 e. The second-order valence-electron chi connectivity index (χ2n) is 3.71. The molecular weight excluding hydrogens is 255 g/mol. The highest BCUT2D eigenvalue weighted by molar-refractivity contribution is 6.35. The van der Waals surface area contributed by atoms with Crippen LogP contribution in [0.1, 0.15) is 15.9 Å². The Morgan fingerprint density at radius 3 is 2.41 bits per heavy atom. The summed E-state index contributed by atoms with van der Waals surface area (Å²) in [5.74, 6) is -0.0244. The summed E-state index contributed by atoms with van der Waals surface area (Å²) in [6.45, 7) is 0. The van der Waals surface area contributed by atoms with Crippen molar-refractivity contribution in [3.05, 3.63) is 69.7 Å². The summed E-state index contributed by atoms with van der Waals surface area (Å²) < 4.78 is 0. The maximum absolute atomic E-state index is 12.0. The predicted octanol–water partition coefficient (Wildman–Crippen LogP) is 4.42. The molecule has 17 heavy (non-hydrogen) atoms. The minimum Gasteiger partial charge on any atom is -0.294 e. The third kappa shape index (κ3) is 3.09. The van der Waals surface area contributed by atoms with Gasteiger partial charge >= 0.3 is 0 Å². The second kappa shape index (κ2) is 5.35. The van der Waals surface area contributed by atoms with E-state index in [1.54, 1.807) is 18.2 Å². The molecule has 0 atom stereocenters. The normalized spacial score (nSPS) is 10.2. The summed E-state index contributed by atoms with van der Waals surface area (Å²) in [4.78, 5) is 12.0. The summed E-state index contributed by atoms with van der Waals surface area (Å²) >= 11 is 11.8. The van der Waals surface area contributed by atoms with Gasteiger partial charge < -0.3 is 0 Å². The smallest absolute Gasteiger partial charge is 0.168 e. The maximum atomic E-state index is 12.0. The molecule has 0 aliphatic carbocycles. The Balaban J connectivity index is 2.23. The van der Waals surface area contributed by atoms with Gasteiger partial charge in [0.15, 0.2) is 5.78 Å². The fourth-order valence-electron chi connectivity index (χ4n) is 1.59. The van der Waals surface area contributed by atoms with E-state index in [0.717, 1.165) is 5.56 Å². The molecule has 3 heteroatoms. The minimum atomic E-state index is -0.0244. The second-order valence-corrected chi connectivity index (χ2v) is 4.55. The molecule has 0 N–H and O–H groups in total. The van der Waals surface area contributed by atoms with Crippen molar-refractivity contribution in [2.24, 2.45) is 0 Å². The zero-order valence-electron chi connectivity index (χ0n) is 8.99. The molecule has 0 aliphatic rings. The molecule has 0 saturated heterocycles. The van der Waals surface area contributed by atoms with Crippen LogP contribution in [0.3, 0.4) is 0 Å². The van der Waals surface area contributed by atoms with Crippen LogP contribution in [-0.2, 0) is 6.42 Å². The zero-order chi connectivity index (χ0) is 12.3. The van der Waals surface area contributed by atoms with Crippen LogP contribution in [-0.4, -0.2) is 5.78 Å². The Kier molecular flexibility index (Phi) is 3.82. The lowest BCUT2D eigenvalue weighted by Crippen LogP contribution is -2.04. The van der Waals surface area contributed by atoms with Gasteiger partial charge in [0.1, 0.15) is 0 Å². The van der Waals surface area contributed by atoms with Gasteiger partial charge in [0.05, 0.1) is 5.02 Å². The molecule has 0 fully saturated rings. The first-order valence-electron chi connectivity index (χ1n) is 5.19. The van der Waals surface area contributed by atoms with Crippen LogP contribution in [0.25, 0.3) is 0 Å². The van der Waals surface area contributed by atoms with E-state index in [4.69, 9.17) is 23.2 Å². The van der Waals surface area contributed by atoms with E-state index in [1.165, 1.54) is 0 Å². The molecule has 2 aromatic carbocycles. The fourth-order valence-corrected chi connectivity index (χ4v) is 1.98. The first kappa shape index (κ1) is 12.2. The van der Waals surface area contributed by atoms with Gasteiger partial charge in [-0.1, -0.05) is 53.5 Å². The Labute approximate surface area is 110 Å². The summed E-state index contributed by atoms with van der Waals surface area (Å²) in [6, 6.07) is 14.5. The third-order valence-corrected chi connectivity index (χ3v) is 3.00. The van der Waals surface area contributed by atoms with Crippen molar-refractivity contribution in [3.63, 3.8) is 0 Å². The third-order valence-electron chi connectivity index (χ3n) is 2.44. The number of hydrogen-bond donors (Lipinski definition) is 0. The topological polar surface area (TPSA) is 17.1 Å². The van der Waals surface area contributed by atoms with Crippen molar-refractivity contribution in [2.45, 2.75) is 6.42 Å². The van der Waals surface area contributed by atoms with Crippen molar-refractivity contribution < 1.29 is 4.79 Å². The Bertz CT molecular complexity index is 535. The molecule has 86 valence electrons. The van der Waals surface area contributed by atoms with Gasteiger partial charge in [-0.05, 0) is 23.8 Å². The van der Waals surface area contributed by atoms with Crippen LogP contribution >= 0.6 is 23.2 Å². The monoisotopic (exact) mass is 264 g/mol. The van der Waals surface area contributed by atoms with Crippen LogP contribution in [0.5, 0.6) is 0 Å². The van der Waals surface area contributed by atoms with E-state index in [9.17, 15) is 4.79 Å². The highest BCUT2D eigenvalue weighted by atomic mass is 35.5. The van der Waals surface area contributed by atoms with Gasteiger partial charge in [0, 0.05) is 17.0 Å². The molecule has 0 saturated carbocycles. The molecule has 2 rings (SSSR count). The van der Waals surface area contributed by atoms with Crippen LogP contribution in [0.2, 0.25) is 10.0 Å². The zero-order valence-corrected chi connectivity index (χ0v) is 10.5. The molecule has 0 aromatic heterocycles. The molecule has 0 amide bonds. The molecule has 2 aromatic rings. The first-order chi connectivity index (χ1) is 8.16. The van der Waals surface area contributed by atoms with Gasteiger partial charge in [-0.2, -0.15) is 0 Å². The number of Topliss-reactive ketones (excluding diaryl/α,β-unsaturated/α-hetero) is 1. The predicted molar refractivity (Wildman–Crippen MR) is 70.9 cm³/mol. The van der Waals surface area contributed by atoms with Gasteiger partial charge in [-0.3, -0.25) is 4.79 Å². The minimum absolute atomic E-state index is 0.0244. The molecule has 0 unspecified atom stereocenters. The van der Waals surface area contributed by atoms with Gasteiger partial charge in [-0.15, -0.1) is 0 Å². The molecule has 1 nitrogen and oxygen atoms in total. The average Bonchev–Trinajstić information content (AvgIpc) is 2.33. The van der Waals surface area contributed by atoms with Crippen molar-refractivity contribution in [1.82, 2.24) is 0 Å². The Morgan fingerprint density at radius 2 is 1.71 bits per heavy atom. The van der Waals surface area contributed by atoms with Crippen molar-refractivity contribution in [1.29, 1.82) is 0 Å². The van der Waals surface area contributed by atoms with E-state index in [1.807, 2.05) is 30.3 Å². The number of carbonyl (C=O) groups is 1. The average molecular weight is 265 g/mol. The van der Waals surface area contributed by atoms with Crippen LogP contribution < -0.4 is 0 Å². The molecule has 0 heterocycles. The van der Waals surface area contributed by atoms with E-state index < -0.39 is 0 Å². The van der Waals surface area contributed by atoms with Crippen LogP contribution in [0.4, 0.5) is 0 Å². The Morgan fingerprint density at radius 1 is 1.00 bits per heavy atom. The quantitative estimate of drug-likeness (QED) is 0.751. The number of hydrogen-bond acceptors (Lipinski definition) is 1. The highest BCUT2D eigenvalue weighted by Crippen LogP contribution is 2.22. The fraction of sp³-hybridized carbons (Fsp3) is 0.0714. The van der Waals surface area contributed by atoms with Crippen LogP contribution in [0.15, 0.2) is 48.5 Å². The lowest BCUT2D eigenvalue weighted by Gasteiger charge is -2.04. The lowest BCUT2D eigenvalue weighted by atomic mass is 10.0. The van der Waals surface area contributed by atoms with Gasteiger partial charge in [-0.25, -0.2) is 0 Å². The standard InChI is InChI=1S/C14H10Cl2O/c15-11-6-7-13(16)12(9-11)14(17)8-10-4-2-1-3-5-10/h1-7,9H,8H2. The van der Waals surface area contributed by atoms with Crippen molar-refractivity contribution >= 4 is 29.0 Å². The van der Waals surface area contributed by atoms with Crippen molar-refractivity contribution in [3.8, 4) is 0 Å². The number of carbonyl (C=O) groups excluding carboxylic acids is 1. The number of benzene rings is 2. The molecule has 0 aliphatic heterocycles. The number of rotatable bonds is 3. The van der Waals surface area contributed by atoms with E-state index >= 15 is 0 Å². The van der Waals surface area contributed by atoms with Crippen LogP contribution in [0, 0.1) is 0 Å². The lowest BCUT2D eigenvalue weighted by molar-refractivity contribution is 0.0993. The SMILES string of the molecule is O=C(Cc1ccccc1)c1cc(Cl)ccc1Cl. The number of ketones is 1. The first-order valence-corrected chi connectivity index (χ1v) is 5.94. The van der Waals surface area contributed by atoms with E-state index in [2.05, 4.69) is 0 Å². The number of halogens is 2. The van der Waals surface area contributed by atoms with E-state index in [-0.39, 0.29) is 5.78 Å². The van der Waals surface area contributed by atoms with Crippen molar-refractivity contribution in [2.75, 3.05) is 0 Å². The molecule has 0 spiro atoms. The summed E-state index contributed by atoms with van der Waals surface area (Å²) in [5.41, 5.74) is 1.44. The van der Waals surface area contributed by atoms with Gasteiger partial charge in [0.2, 0.25) is 0 Å². The van der Waals surface area contributed by atoms with E-state index in [0.29, 0.717) is 22.0 Å². The summed E-state index contributed by atoms with van der Waals surface area (Å²) in [6.07, 6.45) is 0.334.